The molecule has 0 saturated heterocycles. The molecular weight excluding hydrogens is 382 g/mol. The second kappa shape index (κ2) is 6.93. The maximum atomic E-state index is 12.9. The molecule has 4 nitrogen and oxygen atoms in total. The molecule has 10 heteroatoms. The van der Waals surface area contributed by atoms with Crippen molar-refractivity contribution in [2.24, 2.45) is 0 Å². The Morgan fingerprint density at radius 3 is 1.26 bits per heavy atom. The molecule has 144 valence electrons. The van der Waals surface area contributed by atoms with Gasteiger partial charge in [0, 0.05) is 0 Å². The lowest BCUT2D eigenvalue weighted by Crippen LogP contribution is -2.10. The van der Waals surface area contributed by atoms with Crippen LogP contribution in [0.2, 0.25) is 0 Å². The van der Waals surface area contributed by atoms with Gasteiger partial charge in [-0.25, -0.2) is 9.59 Å². The quantitative estimate of drug-likeness (QED) is 0.739. The maximum Gasteiger partial charge on any atom is 0.416 e. The van der Waals surface area contributed by atoms with E-state index in [4.69, 9.17) is 10.2 Å². The highest BCUT2D eigenvalue weighted by Gasteiger charge is 2.33. The van der Waals surface area contributed by atoms with Crippen LogP contribution in [-0.4, -0.2) is 22.2 Å². The lowest BCUT2D eigenvalue weighted by Gasteiger charge is -2.13. The molecule has 0 heterocycles. The van der Waals surface area contributed by atoms with Crippen LogP contribution in [0.25, 0.3) is 0 Å². The van der Waals surface area contributed by atoms with Crippen LogP contribution in [0.4, 0.5) is 26.3 Å². The van der Waals surface area contributed by atoms with E-state index >= 15 is 0 Å². The van der Waals surface area contributed by atoms with Crippen LogP contribution in [0, 0.1) is 0 Å². The van der Waals surface area contributed by atoms with Gasteiger partial charge >= 0.3 is 24.3 Å². The molecule has 0 aliphatic rings. The Hall–Kier alpha value is -3.04. The Bertz CT molecular complexity index is 826. The maximum absolute atomic E-state index is 12.9. The van der Waals surface area contributed by atoms with Crippen molar-refractivity contribution in [3.05, 3.63) is 69.8 Å². The number of hydrogen-bond donors (Lipinski definition) is 2. The largest absolute Gasteiger partial charge is 0.478 e. The number of benzene rings is 2. The molecule has 2 rings (SSSR count). The van der Waals surface area contributed by atoms with Crippen LogP contribution in [0.15, 0.2) is 36.4 Å². The average Bonchev–Trinajstić information content (AvgIpc) is 2.52. The predicted octanol–water partition coefficient (Wildman–Crippen LogP) is 4.71. The highest BCUT2D eigenvalue weighted by atomic mass is 19.4. The molecule has 2 aromatic carbocycles. The van der Waals surface area contributed by atoms with Gasteiger partial charge in [-0.2, -0.15) is 26.3 Å². The first-order valence-electron chi connectivity index (χ1n) is 7.16. The second-order valence-electron chi connectivity index (χ2n) is 5.62. The highest BCUT2D eigenvalue weighted by Crippen LogP contribution is 2.33. The molecule has 0 aliphatic carbocycles. The lowest BCUT2D eigenvalue weighted by atomic mass is 9.96. The fourth-order valence-corrected chi connectivity index (χ4v) is 2.40. The van der Waals surface area contributed by atoms with Gasteiger partial charge in [0.25, 0.3) is 0 Å². The number of carbonyl (C=O) groups is 2. The Kier molecular flexibility index (Phi) is 5.21. The third-order valence-electron chi connectivity index (χ3n) is 3.54. The Labute approximate surface area is 147 Å². The van der Waals surface area contributed by atoms with Gasteiger partial charge < -0.3 is 10.2 Å². The number of rotatable bonds is 4. The first kappa shape index (κ1) is 20.3. The Balaban J connectivity index is 2.56. The van der Waals surface area contributed by atoms with E-state index in [2.05, 4.69) is 0 Å². The monoisotopic (exact) mass is 392 g/mol. The Morgan fingerprint density at radius 2 is 1.00 bits per heavy atom. The van der Waals surface area contributed by atoms with Gasteiger partial charge in [-0.05, 0) is 53.9 Å². The minimum Gasteiger partial charge on any atom is -0.478 e. The lowest BCUT2D eigenvalue weighted by molar-refractivity contribution is -0.138. The number of carboxylic acid groups (broad SMARTS) is 2. The zero-order valence-electron chi connectivity index (χ0n) is 13.1. The van der Waals surface area contributed by atoms with Crippen molar-refractivity contribution in [2.45, 2.75) is 18.8 Å². The summed E-state index contributed by atoms with van der Waals surface area (Å²) in [5.74, 6) is -3.28. The number of halogens is 6. The van der Waals surface area contributed by atoms with Crippen LogP contribution in [0.5, 0.6) is 0 Å². The molecule has 0 aliphatic heterocycles. The summed E-state index contributed by atoms with van der Waals surface area (Å²) in [6.45, 7) is 0. The van der Waals surface area contributed by atoms with Crippen molar-refractivity contribution < 1.29 is 46.1 Å². The topological polar surface area (TPSA) is 74.6 Å². The number of hydrogen-bond acceptors (Lipinski definition) is 2. The second-order valence-corrected chi connectivity index (χ2v) is 5.62. The normalized spacial score (nSPS) is 12.1. The van der Waals surface area contributed by atoms with E-state index in [1.54, 1.807) is 0 Å². The molecular formula is C17H10F6O4. The summed E-state index contributed by atoms with van der Waals surface area (Å²) >= 11 is 0. The Morgan fingerprint density at radius 1 is 0.667 bits per heavy atom. The van der Waals surface area contributed by atoms with Gasteiger partial charge in [0.1, 0.15) is 0 Å². The molecule has 0 fully saturated rings. The van der Waals surface area contributed by atoms with Crippen LogP contribution >= 0.6 is 0 Å². The summed E-state index contributed by atoms with van der Waals surface area (Å²) in [7, 11) is 0. The van der Waals surface area contributed by atoms with Crippen molar-refractivity contribution >= 4 is 11.9 Å². The molecule has 0 saturated carbocycles. The molecule has 0 unspecified atom stereocenters. The first-order valence-corrected chi connectivity index (χ1v) is 7.16. The van der Waals surface area contributed by atoms with Crippen LogP contribution in [0.3, 0.4) is 0 Å². The van der Waals surface area contributed by atoms with Gasteiger partial charge in [-0.3, -0.25) is 0 Å². The van der Waals surface area contributed by atoms with Gasteiger partial charge in [0.2, 0.25) is 0 Å². The van der Waals surface area contributed by atoms with E-state index in [1.807, 2.05) is 0 Å². The summed E-state index contributed by atoms with van der Waals surface area (Å²) in [5, 5.41) is 17.9. The van der Waals surface area contributed by atoms with Crippen molar-refractivity contribution in [3.8, 4) is 0 Å². The van der Waals surface area contributed by atoms with E-state index in [0.717, 1.165) is 12.1 Å². The fraction of sp³-hybridized carbons (Fsp3) is 0.176. The van der Waals surface area contributed by atoms with Gasteiger partial charge in [0.15, 0.2) is 0 Å². The molecule has 2 aromatic rings. The van der Waals surface area contributed by atoms with Crippen LogP contribution < -0.4 is 0 Å². The number of aromatic carboxylic acids is 2. The molecule has 0 atom stereocenters. The van der Waals surface area contributed by atoms with Crippen molar-refractivity contribution in [1.29, 1.82) is 0 Å². The molecule has 0 radical (unpaired) electrons. The molecule has 0 bridgehead atoms. The predicted molar refractivity (Wildman–Crippen MR) is 79.6 cm³/mol. The SMILES string of the molecule is O=C(O)c1cc(Cc2cc(C(=O)O)cc(C(F)(F)F)c2)cc(C(F)(F)F)c1. The van der Waals surface area contributed by atoms with Crippen LogP contribution in [0.1, 0.15) is 43.0 Å². The van der Waals surface area contributed by atoms with E-state index in [1.165, 1.54) is 0 Å². The smallest absolute Gasteiger partial charge is 0.416 e. The minimum atomic E-state index is -4.86. The molecule has 0 spiro atoms. The molecule has 27 heavy (non-hydrogen) atoms. The van der Waals surface area contributed by atoms with Crippen molar-refractivity contribution in [2.75, 3.05) is 0 Å². The zero-order valence-corrected chi connectivity index (χ0v) is 13.1. The van der Waals surface area contributed by atoms with E-state index in [0.29, 0.717) is 24.3 Å². The number of alkyl halides is 6. The third kappa shape index (κ3) is 4.99. The van der Waals surface area contributed by atoms with Gasteiger partial charge in [-0.15, -0.1) is 0 Å². The molecule has 2 N–H and O–H groups in total. The fourth-order valence-electron chi connectivity index (χ4n) is 2.40. The van der Waals surface area contributed by atoms with E-state index < -0.39 is 53.0 Å². The standard InChI is InChI=1S/C17H10F6O4/c18-16(19,20)12-4-8(2-10(6-12)14(24)25)1-9-3-11(15(26)27)7-13(5-9)17(21,22)23/h2-7H,1H2,(H,24,25)(H,26,27). The van der Waals surface area contributed by atoms with Gasteiger partial charge in [-0.1, -0.05) is 0 Å². The first-order chi connectivity index (χ1) is 12.3. The van der Waals surface area contributed by atoms with E-state index in [-0.39, 0.29) is 11.1 Å². The van der Waals surface area contributed by atoms with E-state index in [9.17, 15) is 35.9 Å². The minimum absolute atomic E-state index is 0.224. The van der Waals surface area contributed by atoms with Crippen LogP contribution in [-0.2, 0) is 18.8 Å². The summed E-state index contributed by atoms with van der Waals surface area (Å²) < 4.78 is 77.5. The zero-order chi connectivity index (χ0) is 20.6. The number of carboxylic acids is 2. The molecule has 0 amide bonds. The highest BCUT2D eigenvalue weighted by molar-refractivity contribution is 5.89. The summed E-state index contributed by atoms with van der Waals surface area (Å²) in [6, 6.07) is 3.79. The van der Waals surface area contributed by atoms with Crippen molar-refractivity contribution in [1.82, 2.24) is 0 Å². The third-order valence-corrected chi connectivity index (χ3v) is 3.54. The summed E-state index contributed by atoms with van der Waals surface area (Å²) in [5.41, 5.74) is -4.38. The molecule has 0 aromatic heterocycles. The van der Waals surface area contributed by atoms with Gasteiger partial charge in [0.05, 0.1) is 22.3 Å². The summed E-state index contributed by atoms with van der Waals surface area (Å²) in [6.07, 6.45) is -10.2. The summed E-state index contributed by atoms with van der Waals surface area (Å²) in [4.78, 5) is 22.0. The average molecular weight is 392 g/mol. The van der Waals surface area contributed by atoms with Crippen molar-refractivity contribution in [3.63, 3.8) is 0 Å².